The summed E-state index contributed by atoms with van der Waals surface area (Å²) in [5.74, 6) is 1.43. The lowest BCUT2D eigenvalue weighted by atomic mass is 10.1. The van der Waals surface area contributed by atoms with Crippen molar-refractivity contribution in [3.8, 4) is 5.75 Å². The molecular weight excluding hydrogens is 323 g/mol. The van der Waals surface area contributed by atoms with Gasteiger partial charge in [0.15, 0.2) is 5.96 Å². The van der Waals surface area contributed by atoms with Gasteiger partial charge in [0.2, 0.25) is 0 Å². The van der Waals surface area contributed by atoms with Gasteiger partial charge in [-0.25, -0.2) is 0 Å². The number of hydrogen-bond donors (Lipinski definition) is 2. The first-order chi connectivity index (χ1) is 11.4. The van der Waals surface area contributed by atoms with E-state index in [1.165, 1.54) is 5.56 Å². The van der Waals surface area contributed by atoms with Crippen LogP contribution in [0.2, 0.25) is 0 Å². The Hall–Kier alpha value is -1.96. The molecule has 0 radical (unpaired) electrons. The summed E-state index contributed by atoms with van der Waals surface area (Å²) >= 11 is 0. The third-order valence-electron chi connectivity index (χ3n) is 3.11. The molecule has 0 saturated carbocycles. The van der Waals surface area contributed by atoms with Gasteiger partial charge in [-0.15, -0.1) is 0 Å². The van der Waals surface area contributed by atoms with Crippen molar-refractivity contribution in [3.05, 3.63) is 29.8 Å². The zero-order valence-electron chi connectivity index (χ0n) is 13.9. The molecule has 0 aliphatic carbocycles. The summed E-state index contributed by atoms with van der Waals surface area (Å²) in [6.07, 6.45) is -2.98. The molecule has 0 bridgehead atoms. The van der Waals surface area contributed by atoms with E-state index >= 15 is 0 Å². The Balaban J connectivity index is 2.14. The number of hydrogen-bond acceptors (Lipinski definition) is 3. The Labute approximate surface area is 140 Å². The lowest BCUT2D eigenvalue weighted by molar-refractivity contribution is -0.173. The molecule has 2 N–H and O–H groups in total. The van der Waals surface area contributed by atoms with Crippen molar-refractivity contribution in [2.45, 2.75) is 19.0 Å². The highest BCUT2D eigenvalue weighted by molar-refractivity contribution is 5.79. The molecule has 1 aromatic rings. The van der Waals surface area contributed by atoms with Gasteiger partial charge in [-0.1, -0.05) is 12.1 Å². The maximum atomic E-state index is 11.9. The fraction of sp³-hybridized carbons (Fsp3) is 0.562. The zero-order chi connectivity index (χ0) is 17.8. The van der Waals surface area contributed by atoms with Crippen LogP contribution in [-0.2, 0) is 11.2 Å². The maximum Gasteiger partial charge on any atom is 0.411 e. The van der Waals surface area contributed by atoms with Crippen LogP contribution in [0.3, 0.4) is 0 Å². The van der Waals surface area contributed by atoms with Gasteiger partial charge in [-0.3, -0.25) is 4.99 Å². The van der Waals surface area contributed by atoms with Gasteiger partial charge in [0.1, 0.15) is 12.4 Å². The van der Waals surface area contributed by atoms with Crippen LogP contribution in [-0.4, -0.2) is 52.6 Å². The third-order valence-corrected chi connectivity index (χ3v) is 3.11. The average Bonchev–Trinajstić information content (AvgIpc) is 2.56. The van der Waals surface area contributed by atoms with Crippen molar-refractivity contribution < 1.29 is 22.6 Å². The maximum absolute atomic E-state index is 11.9. The number of nitrogens with one attached hydrogen (secondary N) is 2. The SMILES string of the molecule is CN=C(NCCCOCC(F)(F)F)NCCc1ccc(OC)cc1. The summed E-state index contributed by atoms with van der Waals surface area (Å²) < 4.78 is 45.3. The number of nitrogens with zero attached hydrogens (tertiary/aromatic N) is 1. The number of guanidine groups is 1. The molecular formula is C16H24F3N3O2. The Morgan fingerprint density at radius 1 is 1.12 bits per heavy atom. The molecule has 8 heteroatoms. The van der Waals surface area contributed by atoms with Crippen molar-refractivity contribution in [2.24, 2.45) is 4.99 Å². The topological polar surface area (TPSA) is 54.9 Å². The zero-order valence-corrected chi connectivity index (χ0v) is 13.9. The molecule has 0 saturated heterocycles. The molecule has 0 unspecified atom stereocenters. The molecule has 0 heterocycles. The summed E-state index contributed by atoms with van der Waals surface area (Å²) in [4.78, 5) is 4.06. The molecule has 0 aliphatic heterocycles. The average molecular weight is 347 g/mol. The van der Waals surface area contributed by atoms with Gasteiger partial charge < -0.3 is 20.1 Å². The standard InChI is InChI=1S/C16H24F3N3O2/c1-20-15(21-9-3-11-24-12-16(17,18)19)22-10-8-13-4-6-14(23-2)7-5-13/h4-7H,3,8-12H2,1-2H3,(H2,20,21,22). The number of alkyl halides is 3. The van der Waals surface area contributed by atoms with Crippen LogP contribution >= 0.6 is 0 Å². The van der Waals surface area contributed by atoms with Crippen LogP contribution in [0.25, 0.3) is 0 Å². The van der Waals surface area contributed by atoms with Crippen molar-refractivity contribution in [1.82, 2.24) is 10.6 Å². The second kappa shape index (κ2) is 10.7. The molecule has 136 valence electrons. The lowest BCUT2D eigenvalue weighted by Crippen LogP contribution is -2.39. The van der Waals surface area contributed by atoms with E-state index in [4.69, 9.17) is 4.74 Å². The van der Waals surface area contributed by atoms with Crippen molar-refractivity contribution >= 4 is 5.96 Å². The van der Waals surface area contributed by atoms with Crippen LogP contribution < -0.4 is 15.4 Å². The Kier molecular flexibility index (Phi) is 8.99. The molecule has 1 aromatic carbocycles. The summed E-state index contributed by atoms with van der Waals surface area (Å²) in [7, 11) is 3.27. The van der Waals surface area contributed by atoms with E-state index in [9.17, 15) is 13.2 Å². The number of ether oxygens (including phenoxy) is 2. The molecule has 1 rings (SSSR count). The number of halogens is 3. The Morgan fingerprint density at radius 2 is 1.79 bits per heavy atom. The second-order valence-electron chi connectivity index (χ2n) is 5.05. The molecule has 0 aliphatic rings. The van der Waals surface area contributed by atoms with Gasteiger partial charge in [-0.05, 0) is 30.5 Å². The Bertz CT molecular complexity index is 490. The number of aliphatic imine (C=N–C) groups is 1. The largest absolute Gasteiger partial charge is 0.497 e. The molecule has 5 nitrogen and oxygen atoms in total. The first-order valence-corrected chi connectivity index (χ1v) is 7.66. The first kappa shape index (κ1) is 20.1. The van der Waals surface area contributed by atoms with Crippen LogP contribution in [0.15, 0.2) is 29.3 Å². The van der Waals surface area contributed by atoms with E-state index in [0.29, 0.717) is 25.5 Å². The number of benzene rings is 1. The van der Waals surface area contributed by atoms with Crippen LogP contribution in [0.1, 0.15) is 12.0 Å². The molecule has 24 heavy (non-hydrogen) atoms. The van der Waals surface area contributed by atoms with E-state index in [-0.39, 0.29) is 6.61 Å². The van der Waals surface area contributed by atoms with Crippen molar-refractivity contribution in [3.63, 3.8) is 0 Å². The quantitative estimate of drug-likeness (QED) is 0.409. The number of methoxy groups -OCH3 is 1. The first-order valence-electron chi connectivity index (χ1n) is 7.66. The van der Waals surface area contributed by atoms with Crippen molar-refractivity contribution in [2.75, 3.05) is 40.5 Å². The molecule has 0 atom stereocenters. The van der Waals surface area contributed by atoms with Gasteiger partial charge in [0.05, 0.1) is 7.11 Å². The Morgan fingerprint density at radius 3 is 2.38 bits per heavy atom. The number of rotatable bonds is 9. The molecule has 0 fully saturated rings. The van der Waals surface area contributed by atoms with E-state index in [2.05, 4.69) is 20.4 Å². The van der Waals surface area contributed by atoms with Crippen LogP contribution in [0, 0.1) is 0 Å². The smallest absolute Gasteiger partial charge is 0.411 e. The van der Waals surface area contributed by atoms with E-state index < -0.39 is 12.8 Å². The highest BCUT2D eigenvalue weighted by atomic mass is 19.4. The minimum absolute atomic E-state index is 0.0509. The molecule has 0 aromatic heterocycles. The molecule has 0 spiro atoms. The van der Waals surface area contributed by atoms with E-state index in [1.807, 2.05) is 24.3 Å². The fourth-order valence-corrected chi connectivity index (χ4v) is 1.91. The summed E-state index contributed by atoms with van der Waals surface area (Å²) in [5.41, 5.74) is 1.17. The minimum Gasteiger partial charge on any atom is -0.497 e. The summed E-state index contributed by atoms with van der Waals surface area (Å²) in [5, 5.41) is 6.18. The second-order valence-corrected chi connectivity index (χ2v) is 5.05. The monoisotopic (exact) mass is 347 g/mol. The summed E-state index contributed by atoms with van der Waals surface area (Å²) in [6, 6.07) is 7.80. The minimum atomic E-state index is -4.27. The lowest BCUT2D eigenvalue weighted by Gasteiger charge is -2.12. The van der Waals surface area contributed by atoms with Gasteiger partial charge >= 0.3 is 6.18 Å². The fourth-order valence-electron chi connectivity index (χ4n) is 1.91. The van der Waals surface area contributed by atoms with Gasteiger partial charge in [0, 0.05) is 26.7 Å². The van der Waals surface area contributed by atoms with Crippen LogP contribution in [0.5, 0.6) is 5.75 Å². The van der Waals surface area contributed by atoms with Gasteiger partial charge in [0.25, 0.3) is 0 Å². The highest BCUT2D eigenvalue weighted by Gasteiger charge is 2.27. The molecule has 0 amide bonds. The van der Waals surface area contributed by atoms with Crippen molar-refractivity contribution in [1.29, 1.82) is 0 Å². The van der Waals surface area contributed by atoms with E-state index in [1.54, 1.807) is 14.2 Å². The highest BCUT2D eigenvalue weighted by Crippen LogP contribution is 2.14. The van der Waals surface area contributed by atoms with E-state index in [0.717, 1.165) is 12.2 Å². The predicted octanol–water partition coefficient (Wildman–Crippen LogP) is 2.37. The normalized spacial score (nSPS) is 12.1. The predicted molar refractivity (Wildman–Crippen MR) is 87.6 cm³/mol. The third kappa shape index (κ3) is 9.24. The van der Waals surface area contributed by atoms with Gasteiger partial charge in [-0.2, -0.15) is 13.2 Å². The van der Waals surface area contributed by atoms with Crippen LogP contribution in [0.4, 0.5) is 13.2 Å². The summed E-state index contributed by atoms with van der Waals surface area (Å²) in [6.45, 7) is 0.0217.